The summed E-state index contributed by atoms with van der Waals surface area (Å²) in [5, 5.41) is 44.5. The number of rotatable bonds is 4. The van der Waals surface area contributed by atoms with Gasteiger partial charge in [-0.25, -0.2) is 18.0 Å². The van der Waals surface area contributed by atoms with Gasteiger partial charge in [0.1, 0.15) is 39.2 Å². The molecule has 0 aliphatic heterocycles. The molecule has 0 amide bonds. The van der Waals surface area contributed by atoms with Crippen LogP contribution in [-0.4, -0.2) is 35.6 Å². The van der Waals surface area contributed by atoms with Crippen molar-refractivity contribution in [1.29, 1.82) is 0 Å². The van der Waals surface area contributed by atoms with E-state index in [0.717, 1.165) is 24.3 Å². The van der Waals surface area contributed by atoms with Crippen LogP contribution >= 0.6 is 34.8 Å². The lowest BCUT2D eigenvalue weighted by Gasteiger charge is -2.06. The number of phenols is 1. The summed E-state index contributed by atoms with van der Waals surface area (Å²) in [4.78, 5) is 20.4. The summed E-state index contributed by atoms with van der Waals surface area (Å²) in [6.45, 7) is 0. The first-order valence-electron chi connectivity index (χ1n) is 11.2. The molecule has 0 fully saturated rings. The van der Waals surface area contributed by atoms with Gasteiger partial charge in [-0.1, -0.05) is 34.8 Å². The van der Waals surface area contributed by atoms with E-state index in [0.29, 0.717) is 5.52 Å². The van der Waals surface area contributed by atoms with E-state index in [1.807, 2.05) is 0 Å². The highest BCUT2D eigenvalue weighted by Gasteiger charge is 2.24. The number of ether oxygens (including phenoxy) is 1. The highest BCUT2D eigenvalue weighted by molar-refractivity contribution is 6.34. The largest absolute Gasteiger partial charge is 0.508 e. The zero-order valence-corrected chi connectivity index (χ0v) is 22.9. The number of nitrogens with zero attached hydrogens (tertiary/aromatic N) is 6. The van der Waals surface area contributed by atoms with Crippen LogP contribution in [0.4, 0.5) is 20.2 Å². The predicted molar refractivity (Wildman–Crippen MR) is 146 cm³/mol. The van der Waals surface area contributed by atoms with Gasteiger partial charge in [-0.3, -0.25) is 20.2 Å². The number of benzene rings is 4. The van der Waals surface area contributed by atoms with Crippen LogP contribution in [0.15, 0.2) is 69.9 Å². The third-order valence-corrected chi connectivity index (χ3v) is 5.73. The molecule has 0 spiro atoms. The molecule has 0 bridgehead atoms. The Kier molecular flexibility index (Phi) is 9.44. The Morgan fingerprint density at radius 2 is 1.26 bits per heavy atom. The van der Waals surface area contributed by atoms with Crippen LogP contribution in [-0.2, 0) is 0 Å². The normalized spacial score (nSPS) is 10.4. The molecule has 2 aromatic heterocycles. The quantitative estimate of drug-likeness (QED) is 0.144. The minimum absolute atomic E-state index is 0.0215. The number of nitro benzene ring substituents is 2. The molecule has 6 aromatic rings. The van der Waals surface area contributed by atoms with Gasteiger partial charge >= 0.3 is 11.4 Å². The molecule has 4 aromatic carbocycles. The van der Waals surface area contributed by atoms with Crippen LogP contribution < -0.4 is 4.74 Å². The summed E-state index contributed by atoms with van der Waals surface area (Å²) >= 11 is 16.7. The summed E-state index contributed by atoms with van der Waals surface area (Å²) < 4.78 is 39.6. The van der Waals surface area contributed by atoms with Gasteiger partial charge in [0.15, 0.2) is 0 Å². The van der Waals surface area contributed by atoms with Gasteiger partial charge in [0.05, 0.1) is 9.85 Å². The van der Waals surface area contributed by atoms with Crippen molar-refractivity contribution in [3.8, 4) is 17.2 Å². The van der Waals surface area contributed by atoms with Crippen molar-refractivity contribution in [2.75, 3.05) is 0 Å². The third-order valence-electron chi connectivity index (χ3n) is 4.99. The molecular weight excluding hydrogens is 645 g/mol. The number of aromatic hydroxyl groups is 1. The number of phenolic OH excluding ortho intramolecular Hbond substituents is 1. The first-order chi connectivity index (χ1) is 20.4. The molecule has 1 N–H and O–H groups in total. The maximum absolute atomic E-state index is 13.3. The standard InChI is InChI=1S/C12H5ClFN3O4.C6H4ClFO.C6H2ClN3O3/c13-6-3-7(14)5-8(4-6)20-10-2-1-9-11(16-21-15-9)12(10)17(18)19;7-4-1-5(8)3-6(9)2-4;7-3-1-2-4-5(9-13-8-4)6(3)10(11)12/h1-5H;1-3,9H;1-2H. The van der Waals surface area contributed by atoms with Crippen molar-refractivity contribution in [3.05, 3.63) is 108 Å². The number of hydrogen-bond donors (Lipinski definition) is 1. The molecular formula is C24H11Cl3F2N6O8. The molecule has 0 aliphatic rings. The highest BCUT2D eigenvalue weighted by atomic mass is 35.5. The lowest BCUT2D eigenvalue weighted by atomic mass is 10.2. The van der Waals surface area contributed by atoms with Gasteiger partial charge in [-0.2, -0.15) is 0 Å². The fraction of sp³-hybridized carbons (Fsp3) is 0. The molecule has 14 nitrogen and oxygen atoms in total. The van der Waals surface area contributed by atoms with Crippen molar-refractivity contribution in [3.63, 3.8) is 0 Å². The minimum atomic E-state index is -0.678. The fourth-order valence-corrected chi connectivity index (χ4v) is 3.97. The molecule has 0 saturated heterocycles. The Hall–Kier alpha value is -5.19. The number of aromatic nitrogens is 4. The van der Waals surface area contributed by atoms with Gasteiger partial charge < -0.3 is 9.84 Å². The second kappa shape index (κ2) is 13.2. The van der Waals surface area contributed by atoms with Gasteiger partial charge in [0.25, 0.3) is 0 Å². The average Bonchev–Trinajstić information content (AvgIpc) is 3.57. The molecule has 0 radical (unpaired) electrons. The Morgan fingerprint density at radius 3 is 1.79 bits per heavy atom. The maximum Gasteiger partial charge on any atom is 0.342 e. The Bertz CT molecular complexity index is 1900. The van der Waals surface area contributed by atoms with Crippen LogP contribution in [0.2, 0.25) is 15.1 Å². The van der Waals surface area contributed by atoms with Crippen molar-refractivity contribution < 1.29 is 37.7 Å². The monoisotopic (exact) mass is 654 g/mol. The van der Waals surface area contributed by atoms with E-state index in [-0.39, 0.29) is 54.6 Å². The van der Waals surface area contributed by atoms with Gasteiger partial charge in [0.2, 0.25) is 16.8 Å². The van der Waals surface area contributed by atoms with Crippen LogP contribution in [0.25, 0.3) is 22.1 Å². The lowest BCUT2D eigenvalue weighted by molar-refractivity contribution is -0.384. The second-order valence-corrected chi connectivity index (χ2v) is 9.20. The predicted octanol–water partition coefficient (Wildman–Crippen LogP) is 7.68. The van der Waals surface area contributed by atoms with Crippen LogP contribution in [0.5, 0.6) is 17.2 Å². The number of nitro groups is 2. The van der Waals surface area contributed by atoms with Gasteiger partial charge in [0, 0.05) is 22.2 Å². The smallest absolute Gasteiger partial charge is 0.342 e. The fourth-order valence-electron chi connectivity index (χ4n) is 3.32. The lowest BCUT2D eigenvalue weighted by Crippen LogP contribution is -1.95. The molecule has 0 saturated carbocycles. The summed E-state index contributed by atoms with van der Waals surface area (Å²) in [5.41, 5.74) is -0.158. The summed E-state index contributed by atoms with van der Waals surface area (Å²) in [6.07, 6.45) is 0. The molecule has 220 valence electrons. The van der Waals surface area contributed by atoms with E-state index in [1.165, 1.54) is 36.4 Å². The summed E-state index contributed by atoms with van der Waals surface area (Å²) in [7, 11) is 0. The molecule has 0 unspecified atom stereocenters. The van der Waals surface area contributed by atoms with Crippen LogP contribution in [0.3, 0.4) is 0 Å². The van der Waals surface area contributed by atoms with E-state index in [4.69, 9.17) is 44.6 Å². The van der Waals surface area contributed by atoms with Crippen molar-refractivity contribution in [2.24, 2.45) is 0 Å². The van der Waals surface area contributed by atoms with Crippen LogP contribution in [0, 0.1) is 31.9 Å². The zero-order valence-electron chi connectivity index (χ0n) is 20.7. The van der Waals surface area contributed by atoms with E-state index < -0.39 is 27.2 Å². The minimum Gasteiger partial charge on any atom is -0.508 e. The zero-order chi connectivity index (χ0) is 31.3. The number of fused-ring (bicyclic) bond motifs is 2. The summed E-state index contributed by atoms with van der Waals surface area (Å²) in [6, 6.07) is 12.5. The third kappa shape index (κ3) is 7.56. The van der Waals surface area contributed by atoms with Gasteiger partial charge in [-0.15, -0.1) is 0 Å². The molecule has 19 heteroatoms. The van der Waals surface area contributed by atoms with E-state index in [2.05, 4.69) is 29.9 Å². The molecule has 43 heavy (non-hydrogen) atoms. The maximum atomic E-state index is 13.3. The first-order valence-corrected chi connectivity index (χ1v) is 12.3. The van der Waals surface area contributed by atoms with Crippen molar-refractivity contribution in [1.82, 2.24) is 20.6 Å². The number of halogens is 5. The first kappa shape index (κ1) is 30.8. The average molecular weight is 656 g/mol. The van der Waals surface area contributed by atoms with E-state index >= 15 is 0 Å². The molecule has 2 heterocycles. The summed E-state index contributed by atoms with van der Waals surface area (Å²) in [5.74, 6) is -1.40. The molecule has 6 rings (SSSR count). The Balaban J connectivity index is 0.000000163. The Morgan fingerprint density at radius 1 is 0.721 bits per heavy atom. The van der Waals surface area contributed by atoms with E-state index in [1.54, 1.807) is 0 Å². The van der Waals surface area contributed by atoms with Crippen molar-refractivity contribution in [2.45, 2.75) is 0 Å². The van der Waals surface area contributed by atoms with E-state index in [9.17, 15) is 29.0 Å². The highest BCUT2D eigenvalue weighted by Crippen LogP contribution is 2.37. The Labute approximate surface area is 251 Å². The molecule has 0 aliphatic carbocycles. The van der Waals surface area contributed by atoms with Crippen molar-refractivity contribution >= 4 is 68.2 Å². The number of hydrogen-bond acceptors (Lipinski definition) is 12. The molecule has 0 atom stereocenters. The topological polar surface area (TPSA) is 194 Å². The van der Waals surface area contributed by atoms with Gasteiger partial charge in [-0.05, 0) is 69.2 Å². The second-order valence-electron chi connectivity index (χ2n) is 7.92. The van der Waals surface area contributed by atoms with Crippen LogP contribution in [0.1, 0.15) is 0 Å². The SMILES string of the molecule is O=[N+]([O-])c1c(Cl)ccc2nonc12.O=[N+]([O-])c1c(Oc2cc(F)cc(Cl)c2)ccc2nonc12.Oc1cc(F)cc(Cl)c1.